The largest absolute Gasteiger partial charge is 0.496 e. The van der Waals surface area contributed by atoms with Crippen LogP contribution < -0.4 is 20.7 Å². The Balaban J connectivity index is 2.51. The zero-order chi connectivity index (χ0) is 20.3. The molecule has 7 heteroatoms. The molecule has 0 aliphatic heterocycles. The number of carbonyl (C=O) groups excluding carboxylic acids is 1. The monoisotopic (exact) mass is 378 g/mol. The van der Waals surface area contributed by atoms with Crippen molar-refractivity contribution in [1.29, 1.82) is 0 Å². The number of carbonyl (C=O) groups is 1. The number of aliphatic imine (C=N–C) groups is 1. The first-order valence-corrected chi connectivity index (χ1v) is 9.38. The van der Waals surface area contributed by atoms with Crippen LogP contribution in [-0.4, -0.2) is 50.9 Å². The summed E-state index contributed by atoms with van der Waals surface area (Å²) in [5.41, 5.74) is 0.633. The SMILES string of the molecule is CCNC(=NCC(C)c1ccccc1OC)NCCNC(=O)OC(C)(C)C. The average molecular weight is 379 g/mol. The Bertz CT molecular complexity index is 611. The second-order valence-corrected chi connectivity index (χ2v) is 7.22. The van der Waals surface area contributed by atoms with Crippen molar-refractivity contribution >= 4 is 12.1 Å². The predicted molar refractivity (Wildman–Crippen MR) is 110 cm³/mol. The average Bonchev–Trinajstić information content (AvgIpc) is 2.61. The molecule has 1 unspecified atom stereocenters. The van der Waals surface area contributed by atoms with Crippen LogP contribution in [0, 0.1) is 0 Å². The number of nitrogens with zero attached hydrogens (tertiary/aromatic N) is 1. The summed E-state index contributed by atoms with van der Waals surface area (Å²) in [6.07, 6.45) is -0.420. The van der Waals surface area contributed by atoms with E-state index < -0.39 is 11.7 Å². The molecule has 1 atom stereocenters. The Morgan fingerprint density at radius 2 is 1.81 bits per heavy atom. The lowest BCUT2D eigenvalue weighted by molar-refractivity contribution is 0.0529. The summed E-state index contributed by atoms with van der Waals surface area (Å²) in [5.74, 6) is 1.81. The van der Waals surface area contributed by atoms with Gasteiger partial charge >= 0.3 is 6.09 Å². The number of benzene rings is 1. The molecule has 1 aromatic rings. The summed E-state index contributed by atoms with van der Waals surface area (Å²) in [4.78, 5) is 16.3. The Morgan fingerprint density at radius 1 is 1.15 bits per heavy atom. The molecule has 0 bridgehead atoms. The van der Waals surface area contributed by atoms with Crippen molar-refractivity contribution in [1.82, 2.24) is 16.0 Å². The van der Waals surface area contributed by atoms with E-state index in [1.807, 2.05) is 45.9 Å². The molecule has 0 aromatic heterocycles. The van der Waals surface area contributed by atoms with Crippen LogP contribution in [0.4, 0.5) is 4.79 Å². The molecule has 1 rings (SSSR count). The van der Waals surface area contributed by atoms with Crippen LogP contribution in [0.15, 0.2) is 29.3 Å². The number of hydrogen-bond acceptors (Lipinski definition) is 4. The van der Waals surface area contributed by atoms with E-state index in [9.17, 15) is 4.79 Å². The van der Waals surface area contributed by atoms with E-state index in [2.05, 4.69) is 33.9 Å². The Labute approximate surface area is 162 Å². The number of methoxy groups -OCH3 is 1. The Hall–Kier alpha value is -2.44. The van der Waals surface area contributed by atoms with E-state index in [4.69, 9.17) is 9.47 Å². The summed E-state index contributed by atoms with van der Waals surface area (Å²) >= 11 is 0. The standard InChI is InChI=1S/C20H34N4O3/c1-7-21-18(22-12-13-23-19(25)27-20(3,4)5)24-14-15(2)16-10-8-9-11-17(16)26-6/h8-11,15H,7,12-14H2,1-6H3,(H,23,25)(H2,21,22,24). The summed E-state index contributed by atoms with van der Waals surface area (Å²) in [5, 5.41) is 9.14. The van der Waals surface area contributed by atoms with Gasteiger partial charge in [0.1, 0.15) is 11.4 Å². The Morgan fingerprint density at radius 3 is 2.44 bits per heavy atom. The maximum Gasteiger partial charge on any atom is 0.407 e. The van der Waals surface area contributed by atoms with Crippen LogP contribution in [-0.2, 0) is 4.74 Å². The lowest BCUT2D eigenvalue weighted by atomic mass is 10.0. The molecule has 3 N–H and O–H groups in total. The van der Waals surface area contributed by atoms with Gasteiger partial charge in [-0.25, -0.2) is 4.79 Å². The minimum atomic E-state index is -0.497. The summed E-state index contributed by atoms with van der Waals surface area (Å²) in [6, 6.07) is 7.98. The van der Waals surface area contributed by atoms with Crippen molar-refractivity contribution in [2.75, 3.05) is 33.3 Å². The van der Waals surface area contributed by atoms with Gasteiger partial charge < -0.3 is 25.4 Å². The second kappa shape index (κ2) is 11.3. The molecule has 0 saturated carbocycles. The van der Waals surface area contributed by atoms with E-state index in [1.165, 1.54) is 0 Å². The van der Waals surface area contributed by atoms with Crippen molar-refractivity contribution in [3.05, 3.63) is 29.8 Å². The molecule has 27 heavy (non-hydrogen) atoms. The number of rotatable bonds is 8. The van der Waals surface area contributed by atoms with Crippen LogP contribution in [0.2, 0.25) is 0 Å². The number of ether oxygens (including phenoxy) is 2. The van der Waals surface area contributed by atoms with Crippen molar-refractivity contribution in [3.8, 4) is 5.75 Å². The second-order valence-electron chi connectivity index (χ2n) is 7.22. The fraction of sp³-hybridized carbons (Fsp3) is 0.600. The van der Waals surface area contributed by atoms with Gasteiger partial charge in [-0.15, -0.1) is 0 Å². The molecule has 0 fully saturated rings. The third-order valence-electron chi connectivity index (χ3n) is 3.62. The Kier molecular flexibility index (Phi) is 9.47. The van der Waals surface area contributed by atoms with Gasteiger partial charge in [0.05, 0.1) is 7.11 Å². The first-order chi connectivity index (χ1) is 12.8. The summed E-state index contributed by atoms with van der Waals surface area (Å²) in [7, 11) is 1.68. The number of guanidine groups is 1. The topological polar surface area (TPSA) is 84.0 Å². The number of nitrogens with one attached hydrogen (secondary N) is 3. The molecule has 0 saturated heterocycles. The van der Waals surface area contributed by atoms with E-state index in [-0.39, 0.29) is 5.92 Å². The van der Waals surface area contributed by atoms with Gasteiger partial charge in [0.2, 0.25) is 0 Å². The first kappa shape index (κ1) is 22.6. The molecule has 0 spiro atoms. The quantitative estimate of drug-likeness (QED) is 0.368. The molecule has 0 heterocycles. The minimum Gasteiger partial charge on any atom is -0.496 e. The van der Waals surface area contributed by atoms with Gasteiger partial charge in [0, 0.05) is 32.1 Å². The van der Waals surface area contributed by atoms with E-state index in [0.717, 1.165) is 17.9 Å². The fourth-order valence-electron chi connectivity index (χ4n) is 2.40. The third-order valence-corrected chi connectivity index (χ3v) is 3.62. The van der Waals surface area contributed by atoms with Crippen LogP contribution in [0.3, 0.4) is 0 Å². The van der Waals surface area contributed by atoms with Crippen LogP contribution in [0.1, 0.15) is 46.1 Å². The van der Waals surface area contributed by atoms with Crippen LogP contribution in [0.5, 0.6) is 5.75 Å². The fourth-order valence-corrected chi connectivity index (χ4v) is 2.40. The van der Waals surface area contributed by atoms with Gasteiger partial charge in [-0.3, -0.25) is 4.99 Å². The summed E-state index contributed by atoms with van der Waals surface area (Å²) in [6.45, 7) is 12.0. The van der Waals surface area contributed by atoms with Gasteiger partial charge in [-0.05, 0) is 39.3 Å². The maximum atomic E-state index is 11.6. The molecule has 0 aliphatic rings. The zero-order valence-electron chi connectivity index (χ0n) is 17.4. The van der Waals surface area contributed by atoms with Gasteiger partial charge in [0.15, 0.2) is 5.96 Å². The molecule has 0 radical (unpaired) electrons. The zero-order valence-corrected chi connectivity index (χ0v) is 17.4. The van der Waals surface area contributed by atoms with E-state index in [1.54, 1.807) is 7.11 Å². The highest BCUT2D eigenvalue weighted by molar-refractivity contribution is 5.79. The summed E-state index contributed by atoms with van der Waals surface area (Å²) < 4.78 is 10.6. The number of hydrogen-bond donors (Lipinski definition) is 3. The molecular formula is C20H34N4O3. The van der Waals surface area contributed by atoms with E-state index in [0.29, 0.717) is 25.6 Å². The normalized spacial score (nSPS) is 12.9. The first-order valence-electron chi connectivity index (χ1n) is 9.38. The number of amides is 1. The van der Waals surface area contributed by atoms with Crippen molar-refractivity contribution in [3.63, 3.8) is 0 Å². The van der Waals surface area contributed by atoms with Crippen LogP contribution >= 0.6 is 0 Å². The molecule has 0 aliphatic carbocycles. The molecular weight excluding hydrogens is 344 g/mol. The van der Waals surface area contributed by atoms with Gasteiger partial charge in [-0.2, -0.15) is 0 Å². The highest BCUT2D eigenvalue weighted by atomic mass is 16.6. The molecule has 1 amide bonds. The molecule has 152 valence electrons. The maximum absolute atomic E-state index is 11.6. The highest BCUT2D eigenvalue weighted by Gasteiger charge is 2.15. The van der Waals surface area contributed by atoms with Crippen molar-refractivity contribution in [2.24, 2.45) is 4.99 Å². The van der Waals surface area contributed by atoms with E-state index >= 15 is 0 Å². The third kappa shape index (κ3) is 9.17. The lowest BCUT2D eigenvalue weighted by Crippen LogP contribution is -2.42. The van der Waals surface area contributed by atoms with Crippen LogP contribution in [0.25, 0.3) is 0 Å². The van der Waals surface area contributed by atoms with Gasteiger partial charge in [-0.1, -0.05) is 25.1 Å². The predicted octanol–water partition coefficient (Wildman–Crippen LogP) is 2.88. The molecule has 7 nitrogen and oxygen atoms in total. The van der Waals surface area contributed by atoms with Gasteiger partial charge in [0.25, 0.3) is 0 Å². The number of alkyl carbamates (subject to hydrolysis) is 1. The molecule has 1 aromatic carbocycles. The van der Waals surface area contributed by atoms with Crippen molar-refractivity contribution in [2.45, 2.75) is 46.1 Å². The smallest absolute Gasteiger partial charge is 0.407 e. The lowest BCUT2D eigenvalue weighted by Gasteiger charge is -2.20. The number of para-hydroxylation sites is 1. The minimum absolute atomic E-state index is 0.219. The van der Waals surface area contributed by atoms with Crippen molar-refractivity contribution < 1.29 is 14.3 Å². The highest BCUT2D eigenvalue weighted by Crippen LogP contribution is 2.26.